The summed E-state index contributed by atoms with van der Waals surface area (Å²) in [6.07, 6.45) is 1.98. The first-order valence-electron chi connectivity index (χ1n) is 4.12. The first kappa shape index (κ1) is 7.35. The molecular weight excluding hydrogens is 148 g/mol. The van der Waals surface area contributed by atoms with E-state index in [2.05, 4.69) is 35.5 Å². The normalized spacial score (nSPS) is 10.9. The summed E-state index contributed by atoms with van der Waals surface area (Å²) < 4.78 is 2.10. The van der Waals surface area contributed by atoms with Gasteiger partial charge in [-0.1, -0.05) is 0 Å². The van der Waals surface area contributed by atoms with Gasteiger partial charge in [0.15, 0.2) is 11.0 Å². The van der Waals surface area contributed by atoms with E-state index in [0.717, 1.165) is 0 Å². The Morgan fingerprint density at radius 2 is 1.83 bits per heavy atom. The summed E-state index contributed by atoms with van der Waals surface area (Å²) in [5, 5.41) is 0. The number of aromatic amines is 1. The maximum atomic E-state index is 3.22. The number of hydrogen-bond acceptors (Lipinski definition) is 0. The van der Waals surface area contributed by atoms with Gasteiger partial charge in [-0.15, -0.1) is 0 Å². The van der Waals surface area contributed by atoms with Crippen LogP contribution in [0.3, 0.4) is 0 Å². The number of aryl methyl sites for hydroxylation is 3. The quantitative estimate of drug-likeness (QED) is 0.566. The van der Waals surface area contributed by atoms with Gasteiger partial charge in [-0.3, -0.25) is 0 Å². The van der Waals surface area contributed by atoms with E-state index >= 15 is 0 Å². The Bertz CT molecular complexity index is 427. The van der Waals surface area contributed by atoms with Gasteiger partial charge in [-0.2, -0.15) is 0 Å². The van der Waals surface area contributed by atoms with E-state index < -0.39 is 0 Å². The van der Waals surface area contributed by atoms with Crippen molar-refractivity contribution in [1.82, 2.24) is 4.98 Å². The molecule has 0 aliphatic carbocycles. The molecule has 0 saturated heterocycles. The number of fused-ring (bicyclic) bond motifs is 1. The predicted octanol–water partition coefficient (Wildman–Crippen LogP) is 1.61. The Hall–Kier alpha value is -1.31. The lowest BCUT2D eigenvalue weighted by Crippen LogP contribution is -2.24. The van der Waals surface area contributed by atoms with Crippen LogP contribution >= 0.6 is 0 Å². The molecule has 2 nitrogen and oxygen atoms in total. The van der Waals surface area contributed by atoms with Crippen molar-refractivity contribution in [3.63, 3.8) is 0 Å². The molecular formula is C10H13N2+. The van der Waals surface area contributed by atoms with Gasteiger partial charge in [0.05, 0.1) is 7.05 Å². The molecule has 2 heteroatoms. The van der Waals surface area contributed by atoms with Crippen LogP contribution in [0, 0.1) is 13.8 Å². The molecule has 0 amide bonds. The lowest BCUT2D eigenvalue weighted by Gasteiger charge is -1.96. The van der Waals surface area contributed by atoms with Crippen LogP contribution < -0.4 is 4.57 Å². The molecule has 1 aromatic carbocycles. The minimum Gasteiger partial charge on any atom is -0.243 e. The number of H-pyrrole nitrogens is 1. The van der Waals surface area contributed by atoms with Crippen LogP contribution in [-0.4, -0.2) is 4.98 Å². The second-order valence-electron chi connectivity index (χ2n) is 3.34. The Morgan fingerprint density at radius 3 is 2.58 bits per heavy atom. The molecule has 0 unspecified atom stereocenters. The first-order valence-corrected chi connectivity index (χ1v) is 4.12. The molecule has 0 spiro atoms. The number of nitrogens with one attached hydrogen (secondary N) is 1. The molecule has 0 atom stereocenters. The van der Waals surface area contributed by atoms with Crippen LogP contribution in [0.4, 0.5) is 0 Å². The molecule has 2 aromatic rings. The zero-order valence-corrected chi connectivity index (χ0v) is 7.68. The summed E-state index contributed by atoms with van der Waals surface area (Å²) in [4.78, 5) is 3.22. The number of aromatic nitrogens is 2. The lowest BCUT2D eigenvalue weighted by atomic mass is 10.1. The largest absolute Gasteiger partial charge is 0.243 e. The average molecular weight is 161 g/mol. The maximum Gasteiger partial charge on any atom is 0.242 e. The highest BCUT2D eigenvalue weighted by molar-refractivity contribution is 5.73. The molecule has 0 fully saturated rings. The SMILES string of the molecule is Cc1cc2[nH]c[n+](C)c2cc1C. The van der Waals surface area contributed by atoms with Crippen LogP contribution in [0.15, 0.2) is 18.5 Å². The number of imidazole rings is 1. The van der Waals surface area contributed by atoms with Gasteiger partial charge in [0.1, 0.15) is 0 Å². The van der Waals surface area contributed by atoms with Crippen LogP contribution in [0.2, 0.25) is 0 Å². The van der Waals surface area contributed by atoms with Crippen LogP contribution in [0.25, 0.3) is 11.0 Å². The molecule has 1 heterocycles. The van der Waals surface area contributed by atoms with E-state index in [0.29, 0.717) is 0 Å². The van der Waals surface area contributed by atoms with Gasteiger partial charge in [0.25, 0.3) is 0 Å². The van der Waals surface area contributed by atoms with Gasteiger partial charge in [0, 0.05) is 0 Å². The molecule has 0 aliphatic heterocycles. The standard InChI is InChI=1S/C10H12N2/c1-7-4-9-10(5-8(7)2)12(3)6-11-9/h4-6H,1-3H3/p+1. The van der Waals surface area contributed by atoms with E-state index in [-0.39, 0.29) is 0 Å². The summed E-state index contributed by atoms with van der Waals surface area (Å²) in [6.45, 7) is 4.28. The average Bonchev–Trinajstić information content (AvgIpc) is 2.35. The number of rotatable bonds is 0. The molecule has 0 saturated carbocycles. The second-order valence-corrected chi connectivity index (χ2v) is 3.34. The molecule has 1 aromatic heterocycles. The minimum absolute atomic E-state index is 1.21. The zero-order valence-electron chi connectivity index (χ0n) is 7.68. The summed E-state index contributed by atoms with van der Waals surface area (Å²) in [6, 6.07) is 4.39. The van der Waals surface area contributed by atoms with Gasteiger partial charge in [-0.25, -0.2) is 9.55 Å². The van der Waals surface area contributed by atoms with Gasteiger partial charge < -0.3 is 0 Å². The Morgan fingerprint density at radius 1 is 1.17 bits per heavy atom. The van der Waals surface area contributed by atoms with Crippen molar-refractivity contribution in [3.8, 4) is 0 Å². The monoisotopic (exact) mass is 161 g/mol. The summed E-state index contributed by atoms with van der Waals surface area (Å²) >= 11 is 0. The zero-order chi connectivity index (χ0) is 8.72. The summed E-state index contributed by atoms with van der Waals surface area (Å²) in [7, 11) is 2.05. The van der Waals surface area contributed by atoms with Gasteiger partial charge in [0.2, 0.25) is 6.33 Å². The molecule has 62 valence electrons. The Balaban J connectivity index is 2.87. The van der Waals surface area contributed by atoms with E-state index in [1.54, 1.807) is 0 Å². The third-order valence-electron chi connectivity index (χ3n) is 2.41. The molecule has 2 rings (SSSR count). The van der Waals surface area contributed by atoms with E-state index in [4.69, 9.17) is 0 Å². The number of nitrogens with zero attached hydrogens (tertiary/aromatic N) is 1. The van der Waals surface area contributed by atoms with Crippen molar-refractivity contribution in [2.24, 2.45) is 7.05 Å². The highest BCUT2D eigenvalue weighted by Gasteiger charge is 2.06. The Kier molecular flexibility index (Phi) is 1.43. The molecule has 1 N–H and O–H groups in total. The van der Waals surface area contributed by atoms with Crippen molar-refractivity contribution < 1.29 is 4.57 Å². The third kappa shape index (κ3) is 0.916. The van der Waals surface area contributed by atoms with Crippen molar-refractivity contribution in [3.05, 3.63) is 29.6 Å². The molecule has 0 aliphatic rings. The fourth-order valence-electron chi connectivity index (χ4n) is 1.44. The highest BCUT2D eigenvalue weighted by Crippen LogP contribution is 2.13. The lowest BCUT2D eigenvalue weighted by molar-refractivity contribution is -0.644. The summed E-state index contributed by atoms with van der Waals surface area (Å²) in [5.74, 6) is 0. The fourth-order valence-corrected chi connectivity index (χ4v) is 1.44. The number of hydrogen-bond donors (Lipinski definition) is 1. The van der Waals surface area contributed by atoms with Crippen molar-refractivity contribution in [1.29, 1.82) is 0 Å². The van der Waals surface area contributed by atoms with Crippen LogP contribution in [-0.2, 0) is 7.05 Å². The van der Waals surface area contributed by atoms with E-state index in [9.17, 15) is 0 Å². The predicted molar refractivity (Wildman–Crippen MR) is 48.9 cm³/mol. The van der Waals surface area contributed by atoms with Crippen molar-refractivity contribution in [2.75, 3.05) is 0 Å². The minimum atomic E-state index is 1.21. The van der Waals surface area contributed by atoms with E-state index in [1.807, 2.05) is 13.4 Å². The Labute approximate surface area is 71.8 Å². The van der Waals surface area contributed by atoms with Gasteiger partial charge in [-0.05, 0) is 37.1 Å². The first-order chi connectivity index (χ1) is 5.68. The van der Waals surface area contributed by atoms with Crippen LogP contribution in [0.5, 0.6) is 0 Å². The van der Waals surface area contributed by atoms with Gasteiger partial charge >= 0.3 is 0 Å². The molecule has 12 heavy (non-hydrogen) atoms. The fraction of sp³-hybridized carbons (Fsp3) is 0.300. The third-order valence-corrected chi connectivity index (χ3v) is 2.41. The van der Waals surface area contributed by atoms with Crippen molar-refractivity contribution in [2.45, 2.75) is 13.8 Å². The topological polar surface area (TPSA) is 19.7 Å². The van der Waals surface area contributed by atoms with Crippen molar-refractivity contribution >= 4 is 11.0 Å². The van der Waals surface area contributed by atoms with Crippen LogP contribution in [0.1, 0.15) is 11.1 Å². The summed E-state index contributed by atoms with van der Waals surface area (Å²) in [5.41, 5.74) is 5.15. The number of benzene rings is 1. The smallest absolute Gasteiger partial charge is 0.242 e. The highest BCUT2D eigenvalue weighted by atomic mass is 15.0. The molecule has 0 bridgehead atoms. The maximum absolute atomic E-state index is 3.22. The second kappa shape index (κ2) is 2.34. The van der Waals surface area contributed by atoms with E-state index in [1.165, 1.54) is 22.2 Å². The molecule has 0 radical (unpaired) electrons.